The molecule has 3 heteroatoms. The predicted octanol–water partition coefficient (Wildman–Crippen LogP) is 4.45. The summed E-state index contributed by atoms with van der Waals surface area (Å²) in [5.74, 6) is 0.770. The van der Waals surface area contributed by atoms with Gasteiger partial charge in [-0.3, -0.25) is 0 Å². The Balaban J connectivity index is 2.74. The van der Waals surface area contributed by atoms with E-state index >= 15 is 0 Å². The van der Waals surface area contributed by atoms with Gasteiger partial charge in [0, 0.05) is 11.4 Å². The first-order valence-corrected chi connectivity index (χ1v) is 5.53. The predicted molar refractivity (Wildman–Crippen MR) is 64.1 cm³/mol. The van der Waals surface area contributed by atoms with Crippen molar-refractivity contribution in [2.24, 2.45) is 0 Å². The second-order valence-electron chi connectivity index (χ2n) is 3.03. The highest BCUT2D eigenvalue weighted by atomic mass is 79.9. The van der Waals surface area contributed by atoms with Crippen molar-refractivity contribution in [3.63, 3.8) is 0 Å². The lowest BCUT2D eigenvalue weighted by molar-refractivity contribution is 0.224. The van der Waals surface area contributed by atoms with Gasteiger partial charge in [-0.25, -0.2) is 0 Å². The fraction of sp³-hybridized carbons (Fsp3) is 0.273. The van der Waals surface area contributed by atoms with Gasteiger partial charge in [0.1, 0.15) is 5.75 Å². The van der Waals surface area contributed by atoms with Gasteiger partial charge in [-0.05, 0) is 41.1 Å². The van der Waals surface area contributed by atoms with Gasteiger partial charge in [0.05, 0.1) is 10.6 Å². The second kappa shape index (κ2) is 5.42. The average molecular weight is 276 g/mol. The third kappa shape index (κ3) is 3.35. The number of benzene rings is 1. The first-order valence-electron chi connectivity index (χ1n) is 4.36. The summed E-state index contributed by atoms with van der Waals surface area (Å²) in [6, 6.07) is 5.49. The highest BCUT2D eigenvalue weighted by molar-refractivity contribution is 9.10. The van der Waals surface area contributed by atoms with E-state index in [2.05, 4.69) is 22.5 Å². The summed E-state index contributed by atoms with van der Waals surface area (Å²) in [6.07, 6.45) is 2.77. The molecule has 1 nitrogen and oxygen atoms in total. The minimum atomic E-state index is 0.113. The van der Waals surface area contributed by atoms with Crippen LogP contribution in [-0.4, -0.2) is 6.10 Å². The zero-order chi connectivity index (χ0) is 10.6. The molecule has 0 N–H and O–H groups in total. The van der Waals surface area contributed by atoms with Crippen LogP contribution < -0.4 is 4.74 Å². The van der Waals surface area contributed by atoms with Gasteiger partial charge in [0.2, 0.25) is 0 Å². The van der Waals surface area contributed by atoms with Gasteiger partial charge in [-0.1, -0.05) is 17.7 Å². The maximum Gasteiger partial charge on any atom is 0.135 e. The van der Waals surface area contributed by atoms with Crippen LogP contribution in [0.4, 0.5) is 0 Å². The molecule has 0 aromatic heterocycles. The highest BCUT2D eigenvalue weighted by Crippen LogP contribution is 2.29. The molecular weight excluding hydrogens is 263 g/mol. The van der Waals surface area contributed by atoms with E-state index in [1.807, 2.05) is 25.1 Å². The van der Waals surface area contributed by atoms with Crippen molar-refractivity contribution in [2.45, 2.75) is 19.4 Å². The van der Waals surface area contributed by atoms with Crippen LogP contribution in [0.2, 0.25) is 5.02 Å². The van der Waals surface area contributed by atoms with E-state index in [4.69, 9.17) is 16.3 Å². The van der Waals surface area contributed by atoms with Crippen LogP contribution in [0.1, 0.15) is 13.3 Å². The summed E-state index contributed by atoms with van der Waals surface area (Å²) in [6.45, 7) is 5.66. The molecule has 1 rings (SSSR count). The smallest absolute Gasteiger partial charge is 0.135 e. The number of hydrogen-bond acceptors (Lipinski definition) is 1. The van der Waals surface area contributed by atoms with Gasteiger partial charge >= 0.3 is 0 Å². The van der Waals surface area contributed by atoms with E-state index in [1.54, 1.807) is 6.07 Å². The number of hydrogen-bond donors (Lipinski definition) is 0. The number of halogens is 2. The number of rotatable bonds is 4. The average Bonchev–Trinajstić information content (AvgIpc) is 2.12. The Labute approximate surface area is 97.9 Å². The molecule has 1 atom stereocenters. The topological polar surface area (TPSA) is 9.23 Å². The first kappa shape index (κ1) is 11.6. The molecule has 1 unspecified atom stereocenters. The Morgan fingerprint density at radius 2 is 2.36 bits per heavy atom. The van der Waals surface area contributed by atoms with Gasteiger partial charge in [0.15, 0.2) is 0 Å². The molecule has 0 heterocycles. The van der Waals surface area contributed by atoms with E-state index in [0.29, 0.717) is 5.02 Å². The lowest BCUT2D eigenvalue weighted by Crippen LogP contribution is -2.10. The first-order chi connectivity index (χ1) is 6.63. The summed E-state index contributed by atoms with van der Waals surface area (Å²) < 4.78 is 6.58. The van der Waals surface area contributed by atoms with Crippen LogP contribution in [0.15, 0.2) is 35.3 Å². The zero-order valence-corrected chi connectivity index (χ0v) is 10.3. The fourth-order valence-electron chi connectivity index (χ4n) is 1.07. The Morgan fingerprint density at radius 3 is 3.00 bits per heavy atom. The maximum atomic E-state index is 5.86. The van der Waals surface area contributed by atoms with Crippen molar-refractivity contribution in [3.05, 3.63) is 40.3 Å². The van der Waals surface area contributed by atoms with Crippen molar-refractivity contribution in [2.75, 3.05) is 0 Å². The molecule has 0 aliphatic carbocycles. The van der Waals surface area contributed by atoms with Crippen LogP contribution in [0.5, 0.6) is 5.75 Å². The molecule has 0 bridgehead atoms. The third-order valence-electron chi connectivity index (χ3n) is 1.72. The lowest BCUT2D eigenvalue weighted by atomic mass is 10.3. The highest BCUT2D eigenvalue weighted by Gasteiger charge is 2.06. The maximum absolute atomic E-state index is 5.86. The van der Waals surface area contributed by atoms with Crippen LogP contribution in [0.25, 0.3) is 0 Å². The summed E-state index contributed by atoms with van der Waals surface area (Å²) in [4.78, 5) is 0. The van der Waals surface area contributed by atoms with Gasteiger partial charge in [-0.2, -0.15) is 0 Å². The normalized spacial score (nSPS) is 12.2. The molecule has 0 aliphatic heterocycles. The molecule has 0 fully saturated rings. The minimum Gasteiger partial charge on any atom is -0.489 e. The van der Waals surface area contributed by atoms with Crippen LogP contribution in [0, 0.1) is 0 Å². The van der Waals surface area contributed by atoms with Crippen molar-refractivity contribution >= 4 is 27.5 Å². The SMILES string of the molecule is C=CCC(C)Oc1cc(Cl)ccc1Br. The second-order valence-corrected chi connectivity index (χ2v) is 4.32. The molecule has 1 aromatic rings. The largest absolute Gasteiger partial charge is 0.489 e. The molecule has 0 saturated carbocycles. The van der Waals surface area contributed by atoms with Crippen molar-refractivity contribution in [3.8, 4) is 5.75 Å². The monoisotopic (exact) mass is 274 g/mol. The summed E-state index contributed by atoms with van der Waals surface area (Å²) >= 11 is 9.26. The Bertz CT molecular complexity index is 325. The van der Waals surface area contributed by atoms with Gasteiger partial charge in [-0.15, -0.1) is 6.58 Å². The van der Waals surface area contributed by atoms with E-state index in [-0.39, 0.29) is 6.10 Å². The molecule has 14 heavy (non-hydrogen) atoms. The van der Waals surface area contributed by atoms with Crippen LogP contribution >= 0.6 is 27.5 Å². The third-order valence-corrected chi connectivity index (χ3v) is 2.61. The van der Waals surface area contributed by atoms with E-state index in [9.17, 15) is 0 Å². The summed E-state index contributed by atoms with van der Waals surface area (Å²) in [7, 11) is 0. The molecule has 0 radical (unpaired) electrons. The fourth-order valence-corrected chi connectivity index (χ4v) is 1.57. The Morgan fingerprint density at radius 1 is 1.64 bits per heavy atom. The summed E-state index contributed by atoms with van der Waals surface area (Å²) in [5.41, 5.74) is 0. The van der Waals surface area contributed by atoms with Crippen LogP contribution in [0.3, 0.4) is 0 Å². The Hall–Kier alpha value is -0.470. The standard InChI is InChI=1S/C11H12BrClO/c1-3-4-8(2)14-11-7-9(13)5-6-10(11)12/h3,5-8H,1,4H2,2H3. The van der Waals surface area contributed by atoms with Crippen molar-refractivity contribution < 1.29 is 4.74 Å². The van der Waals surface area contributed by atoms with Gasteiger partial charge in [0.25, 0.3) is 0 Å². The zero-order valence-electron chi connectivity index (χ0n) is 7.97. The van der Waals surface area contributed by atoms with E-state index in [1.165, 1.54) is 0 Å². The molecule has 1 aromatic carbocycles. The summed E-state index contributed by atoms with van der Waals surface area (Å²) in [5, 5.41) is 0.675. The molecular formula is C11H12BrClO. The van der Waals surface area contributed by atoms with Crippen LogP contribution in [-0.2, 0) is 0 Å². The molecule has 76 valence electrons. The van der Waals surface area contributed by atoms with E-state index in [0.717, 1.165) is 16.6 Å². The van der Waals surface area contributed by atoms with Crippen molar-refractivity contribution in [1.29, 1.82) is 0 Å². The lowest BCUT2D eigenvalue weighted by Gasteiger charge is -2.14. The minimum absolute atomic E-state index is 0.113. The van der Waals surface area contributed by atoms with E-state index < -0.39 is 0 Å². The molecule has 0 aliphatic rings. The van der Waals surface area contributed by atoms with Gasteiger partial charge < -0.3 is 4.74 Å². The Kier molecular flexibility index (Phi) is 4.49. The molecule has 0 saturated heterocycles. The molecule has 0 amide bonds. The quantitative estimate of drug-likeness (QED) is 0.738. The van der Waals surface area contributed by atoms with Crippen molar-refractivity contribution in [1.82, 2.24) is 0 Å². The molecule has 0 spiro atoms. The number of ether oxygens (including phenoxy) is 1.